The first-order valence-corrected chi connectivity index (χ1v) is 6.02. The van der Waals surface area contributed by atoms with Crippen LogP contribution in [0.5, 0.6) is 0 Å². The Morgan fingerprint density at radius 3 is 2.63 bits per heavy atom. The molecule has 1 unspecified atom stereocenters. The third-order valence-electron chi connectivity index (χ3n) is 2.73. The van der Waals surface area contributed by atoms with Gasteiger partial charge in [0.1, 0.15) is 0 Å². The third kappa shape index (κ3) is 3.86. The van der Waals surface area contributed by atoms with Crippen LogP contribution in [0, 0.1) is 0 Å². The van der Waals surface area contributed by atoms with E-state index in [0.717, 1.165) is 5.56 Å². The predicted molar refractivity (Wildman–Crippen MR) is 70.5 cm³/mol. The number of hydrogen-bond donors (Lipinski definition) is 2. The number of carbonyl (C=O) groups is 1. The minimum Gasteiger partial charge on any atom is -0.394 e. The molecule has 1 aromatic heterocycles. The first kappa shape index (κ1) is 13.2. The zero-order valence-corrected chi connectivity index (χ0v) is 10.4. The molecule has 19 heavy (non-hydrogen) atoms. The molecule has 1 atom stereocenters. The van der Waals surface area contributed by atoms with E-state index in [1.807, 2.05) is 30.3 Å². The second-order valence-electron chi connectivity index (χ2n) is 4.17. The minimum atomic E-state index is -0.317. The summed E-state index contributed by atoms with van der Waals surface area (Å²) < 4.78 is 0. The number of benzene rings is 1. The third-order valence-corrected chi connectivity index (χ3v) is 2.73. The Balaban J connectivity index is 1.98. The number of carbonyl (C=O) groups excluding carboxylic acids is 1. The second-order valence-corrected chi connectivity index (χ2v) is 4.17. The molecule has 1 heterocycles. The van der Waals surface area contributed by atoms with Gasteiger partial charge in [-0.1, -0.05) is 30.3 Å². The van der Waals surface area contributed by atoms with Crippen molar-refractivity contribution in [3.05, 3.63) is 59.9 Å². The first-order valence-electron chi connectivity index (χ1n) is 6.02. The minimum absolute atomic E-state index is 0.112. The summed E-state index contributed by atoms with van der Waals surface area (Å²) in [6.07, 6.45) is 3.44. The van der Waals surface area contributed by atoms with Crippen LogP contribution in [-0.4, -0.2) is 33.9 Å². The lowest BCUT2D eigenvalue weighted by Gasteiger charge is -2.16. The number of amides is 1. The van der Waals surface area contributed by atoms with Crippen molar-refractivity contribution >= 4 is 5.91 Å². The van der Waals surface area contributed by atoms with E-state index in [1.54, 1.807) is 6.07 Å². The highest BCUT2D eigenvalue weighted by Gasteiger charge is 2.13. The fourth-order valence-electron chi connectivity index (χ4n) is 1.75. The molecule has 0 radical (unpaired) electrons. The monoisotopic (exact) mass is 257 g/mol. The Hall–Kier alpha value is -2.27. The van der Waals surface area contributed by atoms with E-state index in [-0.39, 0.29) is 18.6 Å². The number of hydrogen-bond acceptors (Lipinski definition) is 4. The molecule has 0 saturated carbocycles. The van der Waals surface area contributed by atoms with E-state index in [2.05, 4.69) is 15.5 Å². The number of aliphatic hydroxyl groups excluding tert-OH is 1. The molecular formula is C14H15N3O2. The van der Waals surface area contributed by atoms with Crippen LogP contribution in [0.2, 0.25) is 0 Å². The van der Waals surface area contributed by atoms with Crippen molar-refractivity contribution in [2.45, 2.75) is 12.5 Å². The number of aliphatic hydroxyl groups is 1. The molecule has 5 heteroatoms. The molecule has 2 rings (SSSR count). The summed E-state index contributed by atoms with van der Waals surface area (Å²) >= 11 is 0. The van der Waals surface area contributed by atoms with Gasteiger partial charge in [0.25, 0.3) is 5.91 Å². The summed E-state index contributed by atoms with van der Waals surface area (Å²) in [5.74, 6) is -0.259. The van der Waals surface area contributed by atoms with Crippen molar-refractivity contribution in [1.82, 2.24) is 15.5 Å². The molecular weight excluding hydrogens is 242 g/mol. The van der Waals surface area contributed by atoms with E-state index in [1.165, 1.54) is 12.4 Å². The Bertz CT molecular complexity index is 517. The Morgan fingerprint density at radius 2 is 2.00 bits per heavy atom. The number of aromatic nitrogens is 2. The topological polar surface area (TPSA) is 75.1 Å². The molecule has 5 nitrogen and oxygen atoms in total. The Kier molecular flexibility index (Phi) is 4.58. The number of rotatable bonds is 5. The summed E-state index contributed by atoms with van der Waals surface area (Å²) in [5, 5.41) is 19.4. The van der Waals surface area contributed by atoms with Gasteiger partial charge < -0.3 is 10.4 Å². The quantitative estimate of drug-likeness (QED) is 0.831. The van der Waals surface area contributed by atoms with Gasteiger partial charge in [-0.3, -0.25) is 4.79 Å². The molecule has 0 spiro atoms. The van der Waals surface area contributed by atoms with Gasteiger partial charge in [-0.2, -0.15) is 10.2 Å². The van der Waals surface area contributed by atoms with Gasteiger partial charge in [0, 0.05) is 0 Å². The molecule has 0 aliphatic heterocycles. The van der Waals surface area contributed by atoms with Crippen LogP contribution in [0.3, 0.4) is 0 Å². The number of nitrogens with one attached hydrogen (secondary N) is 1. The lowest BCUT2D eigenvalue weighted by molar-refractivity contribution is 0.0916. The normalized spacial score (nSPS) is 11.8. The molecule has 98 valence electrons. The van der Waals surface area contributed by atoms with Crippen LogP contribution < -0.4 is 5.32 Å². The van der Waals surface area contributed by atoms with Crippen LogP contribution in [-0.2, 0) is 6.42 Å². The van der Waals surface area contributed by atoms with Gasteiger partial charge in [-0.05, 0) is 18.1 Å². The molecule has 0 aliphatic rings. The van der Waals surface area contributed by atoms with Crippen molar-refractivity contribution in [2.75, 3.05) is 6.61 Å². The smallest absolute Gasteiger partial charge is 0.253 e. The molecule has 2 N–H and O–H groups in total. The summed E-state index contributed by atoms with van der Waals surface area (Å²) in [6.45, 7) is -0.112. The van der Waals surface area contributed by atoms with Crippen LogP contribution in [0.25, 0.3) is 0 Å². The van der Waals surface area contributed by atoms with Crippen molar-refractivity contribution in [1.29, 1.82) is 0 Å². The van der Waals surface area contributed by atoms with E-state index < -0.39 is 0 Å². The maximum atomic E-state index is 11.9. The van der Waals surface area contributed by atoms with Crippen molar-refractivity contribution in [3.8, 4) is 0 Å². The summed E-state index contributed by atoms with van der Waals surface area (Å²) in [5.41, 5.74) is 1.50. The van der Waals surface area contributed by atoms with E-state index in [4.69, 9.17) is 0 Å². The highest BCUT2D eigenvalue weighted by atomic mass is 16.3. The van der Waals surface area contributed by atoms with Crippen molar-refractivity contribution in [3.63, 3.8) is 0 Å². The molecule has 0 aliphatic carbocycles. The SMILES string of the molecule is O=C(NC(CO)Cc1ccccc1)c1ccnnc1. The highest BCUT2D eigenvalue weighted by molar-refractivity contribution is 5.93. The summed E-state index contributed by atoms with van der Waals surface area (Å²) in [7, 11) is 0. The second kappa shape index (κ2) is 6.61. The Morgan fingerprint density at radius 1 is 1.21 bits per heavy atom. The lowest BCUT2D eigenvalue weighted by atomic mass is 10.1. The molecule has 0 bridgehead atoms. The molecule has 2 aromatic rings. The van der Waals surface area contributed by atoms with Gasteiger partial charge in [0.15, 0.2) is 0 Å². The van der Waals surface area contributed by atoms with Gasteiger partial charge in [0.05, 0.1) is 30.6 Å². The number of nitrogens with zero attached hydrogens (tertiary/aromatic N) is 2. The largest absolute Gasteiger partial charge is 0.394 e. The molecule has 0 saturated heterocycles. The van der Waals surface area contributed by atoms with E-state index >= 15 is 0 Å². The van der Waals surface area contributed by atoms with E-state index in [0.29, 0.717) is 12.0 Å². The molecule has 1 aromatic carbocycles. The zero-order chi connectivity index (χ0) is 13.5. The van der Waals surface area contributed by atoms with Crippen LogP contribution in [0.1, 0.15) is 15.9 Å². The van der Waals surface area contributed by atoms with Gasteiger partial charge in [-0.15, -0.1) is 0 Å². The highest BCUT2D eigenvalue weighted by Crippen LogP contribution is 2.04. The Labute approximate surface area is 111 Å². The van der Waals surface area contributed by atoms with E-state index in [9.17, 15) is 9.90 Å². The lowest BCUT2D eigenvalue weighted by Crippen LogP contribution is -2.39. The van der Waals surface area contributed by atoms with Gasteiger partial charge in [-0.25, -0.2) is 0 Å². The van der Waals surface area contributed by atoms with Gasteiger partial charge >= 0.3 is 0 Å². The van der Waals surface area contributed by atoms with Crippen LogP contribution >= 0.6 is 0 Å². The fourth-order valence-corrected chi connectivity index (χ4v) is 1.75. The van der Waals surface area contributed by atoms with Crippen molar-refractivity contribution in [2.24, 2.45) is 0 Å². The average molecular weight is 257 g/mol. The predicted octanol–water partition coefficient (Wildman–Crippen LogP) is 0.810. The standard InChI is InChI=1S/C14H15N3O2/c18-10-13(8-11-4-2-1-3-5-11)17-14(19)12-6-7-15-16-9-12/h1-7,9,13,18H,8,10H2,(H,17,19). The maximum absolute atomic E-state index is 11.9. The average Bonchev–Trinajstić information content (AvgIpc) is 2.48. The summed E-state index contributed by atoms with van der Waals surface area (Å²) in [6, 6.07) is 11.0. The van der Waals surface area contributed by atoms with Gasteiger partial charge in [0.2, 0.25) is 0 Å². The molecule has 1 amide bonds. The fraction of sp³-hybridized carbons (Fsp3) is 0.214. The first-order chi connectivity index (χ1) is 9.29. The maximum Gasteiger partial charge on any atom is 0.253 e. The van der Waals surface area contributed by atoms with Crippen LogP contribution in [0.4, 0.5) is 0 Å². The summed E-state index contributed by atoms with van der Waals surface area (Å²) in [4.78, 5) is 11.9. The zero-order valence-electron chi connectivity index (χ0n) is 10.4. The molecule has 0 fully saturated rings. The van der Waals surface area contributed by atoms with Crippen molar-refractivity contribution < 1.29 is 9.90 Å². The van der Waals surface area contributed by atoms with Crippen LogP contribution in [0.15, 0.2) is 48.8 Å².